The van der Waals surface area contributed by atoms with Crippen molar-refractivity contribution in [2.24, 2.45) is 0 Å². The highest BCUT2D eigenvalue weighted by Gasteiger charge is 2.38. The lowest BCUT2D eigenvalue weighted by Crippen LogP contribution is -2.46. The van der Waals surface area contributed by atoms with Crippen molar-refractivity contribution in [2.75, 3.05) is 19.6 Å². The van der Waals surface area contributed by atoms with Gasteiger partial charge >= 0.3 is 6.18 Å². The number of likely N-dealkylation sites (N-methyl/N-ethyl adjacent to an activating group) is 1. The molecular formula is C14H17ClF3NO. The minimum absolute atomic E-state index is 0.285. The van der Waals surface area contributed by atoms with E-state index in [0.29, 0.717) is 13.0 Å². The number of hydrogen-bond donors (Lipinski definition) is 1. The average molecular weight is 308 g/mol. The van der Waals surface area contributed by atoms with Gasteiger partial charge in [-0.3, -0.25) is 0 Å². The summed E-state index contributed by atoms with van der Waals surface area (Å²) in [6.45, 7) is 3.94. The fourth-order valence-electron chi connectivity index (χ4n) is 2.66. The molecule has 0 aromatic heterocycles. The molecule has 112 valence electrons. The van der Waals surface area contributed by atoms with Crippen LogP contribution in [0.3, 0.4) is 0 Å². The van der Waals surface area contributed by atoms with Gasteiger partial charge in [-0.15, -0.1) is 0 Å². The number of nitrogens with zero attached hydrogens (tertiary/aromatic N) is 1. The highest BCUT2D eigenvalue weighted by atomic mass is 35.5. The van der Waals surface area contributed by atoms with E-state index in [0.717, 1.165) is 25.6 Å². The smallest absolute Gasteiger partial charge is 0.384 e. The molecule has 1 aromatic rings. The summed E-state index contributed by atoms with van der Waals surface area (Å²) in [6, 6.07) is 3.67. The Labute approximate surface area is 121 Å². The van der Waals surface area contributed by atoms with Crippen molar-refractivity contribution < 1.29 is 18.3 Å². The zero-order valence-corrected chi connectivity index (χ0v) is 11.9. The van der Waals surface area contributed by atoms with E-state index in [1.54, 1.807) is 0 Å². The minimum atomic E-state index is -4.51. The Balaban J connectivity index is 2.37. The SMILES string of the molecule is CCN1CCCC(O)(c2ccc(Cl)c(C(F)(F)F)c2)C1. The number of aliphatic hydroxyl groups is 1. The molecule has 2 nitrogen and oxygen atoms in total. The quantitative estimate of drug-likeness (QED) is 0.901. The summed E-state index contributed by atoms with van der Waals surface area (Å²) < 4.78 is 38.7. The molecule has 1 N–H and O–H groups in total. The molecule has 1 heterocycles. The van der Waals surface area contributed by atoms with Gasteiger partial charge in [-0.2, -0.15) is 13.2 Å². The first-order valence-electron chi connectivity index (χ1n) is 6.58. The molecule has 0 spiro atoms. The van der Waals surface area contributed by atoms with Crippen LogP contribution in [0.15, 0.2) is 18.2 Å². The Kier molecular flexibility index (Phi) is 4.33. The summed E-state index contributed by atoms with van der Waals surface area (Å²) in [4.78, 5) is 2.03. The predicted molar refractivity (Wildman–Crippen MR) is 71.7 cm³/mol. The summed E-state index contributed by atoms with van der Waals surface area (Å²) >= 11 is 5.61. The topological polar surface area (TPSA) is 23.5 Å². The molecule has 0 saturated carbocycles. The van der Waals surface area contributed by atoms with E-state index in [9.17, 15) is 18.3 Å². The van der Waals surface area contributed by atoms with Gasteiger partial charge in [0, 0.05) is 6.54 Å². The molecule has 0 amide bonds. The normalized spacial score (nSPS) is 24.9. The van der Waals surface area contributed by atoms with E-state index in [1.807, 2.05) is 11.8 Å². The number of piperidine rings is 1. The molecule has 0 bridgehead atoms. The first-order valence-corrected chi connectivity index (χ1v) is 6.96. The van der Waals surface area contributed by atoms with Gasteiger partial charge in [-0.25, -0.2) is 0 Å². The van der Waals surface area contributed by atoms with Crippen molar-refractivity contribution in [3.05, 3.63) is 34.3 Å². The summed E-state index contributed by atoms with van der Waals surface area (Å²) in [5.74, 6) is 0. The second kappa shape index (κ2) is 5.54. The second-order valence-electron chi connectivity index (χ2n) is 5.20. The van der Waals surface area contributed by atoms with Crippen LogP contribution in [0, 0.1) is 0 Å². The Bertz CT molecular complexity index is 492. The molecule has 1 fully saturated rings. The first kappa shape index (κ1) is 15.6. The van der Waals surface area contributed by atoms with Crippen LogP contribution >= 0.6 is 11.6 Å². The van der Waals surface area contributed by atoms with Gasteiger partial charge in [0.1, 0.15) is 5.60 Å². The van der Waals surface area contributed by atoms with Crippen LogP contribution in [0.4, 0.5) is 13.2 Å². The van der Waals surface area contributed by atoms with Crippen molar-refractivity contribution in [3.8, 4) is 0 Å². The van der Waals surface area contributed by atoms with Crippen LogP contribution in [0.25, 0.3) is 0 Å². The number of benzene rings is 1. The summed E-state index contributed by atoms with van der Waals surface area (Å²) in [5.41, 5.74) is -1.84. The van der Waals surface area contributed by atoms with Crippen LogP contribution in [0.5, 0.6) is 0 Å². The number of rotatable bonds is 2. The fourth-order valence-corrected chi connectivity index (χ4v) is 2.89. The zero-order valence-electron chi connectivity index (χ0n) is 11.2. The Morgan fingerprint density at radius 2 is 2.10 bits per heavy atom. The molecule has 0 radical (unpaired) electrons. The van der Waals surface area contributed by atoms with Crippen molar-refractivity contribution in [1.82, 2.24) is 4.90 Å². The number of halogens is 4. The van der Waals surface area contributed by atoms with Crippen molar-refractivity contribution >= 4 is 11.6 Å². The standard InChI is InChI=1S/C14H17ClF3NO/c1-2-19-7-3-6-13(20,9-19)10-4-5-12(15)11(8-10)14(16,17)18/h4-5,8,20H,2-3,6-7,9H2,1H3. The van der Waals surface area contributed by atoms with Crippen molar-refractivity contribution in [2.45, 2.75) is 31.5 Å². The van der Waals surface area contributed by atoms with Gasteiger partial charge in [-0.1, -0.05) is 24.6 Å². The first-order chi connectivity index (χ1) is 9.26. The highest BCUT2D eigenvalue weighted by molar-refractivity contribution is 6.31. The van der Waals surface area contributed by atoms with E-state index in [1.165, 1.54) is 12.1 Å². The lowest BCUT2D eigenvalue weighted by molar-refractivity contribution is -0.137. The summed E-state index contributed by atoms with van der Waals surface area (Å²) in [6.07, 6.45) is -3.29. The number of alkyl halides is 3. The Hall–Kier alpha value is -0.780. The van der Waals surface area contributed by atoms with Crippen LogP contribution < -0.4 is 0 Å². The molecule has 2 rings (SSSR count). The van der Waals surface area contributed by atoms with E-state index >= 15 is 0 Å². The molecule has 0 aliphatic carbocycles. The maximum absolute atomic E-state index is 12.9. The van der Waals surface area contributed by atoms with Crippen molar-refractivity contribution in [3.63, 3.8) is 0 Å². The molecular weight excluding hydrogens is 291 g/mol. The Morgan fingerprint density at radius 3 is 2.70 bits per heavy atom. The fraction of sp³-hybridized carbons (Fsp3) is 0.571. The van der Waals surface area contributed by atoms with Gasteiger partial charge in [0.25, 0.3) is 0 Å². The molecule has 1 unspecified atom stereocenters. The molecule has 1 aromatic carbocycles. The average Bonchev–Trinajstić information content (AvgIpc) is 2.37. The molecule has 6 heteroatoms. The third-order valence-electron chi connectivity index (χ3n) is 3.81. The largest absolute Gasteiger partial charge is 0.417 e. The highest BCUT2D eigenvalue weighted by Crippen LogP contribution is 2.39. The van der Waals surface area contributed by atoms with Gasteiger partial charge in [0.2, 0.25) is 0 Å². The lowest BCUT2D eigenvalue weighted by atomic mass is 9.85. The summed E-state index contributed by atoms with van der Waals surface area (Å²) in [7, 11) is 0. The molecule has 1 atom stereocenters. The predicted octanol–water partition coefficient (Wildman–Crippen LogP) is 3.66. The zero-order chi connectivity index (χ0) is 15.0. The van der Waals surface area contributed by atoms with E-state index < -0.39 is 17.3 Å². The van der Waals surface area contributed by atoms with Gasteiger partial charge in [0.05, 0.1) is 10.6 Å². The van der Waals surface area contributed by atoms with Gasteiger partial charge < -0.3 is 10.0 Å². The third kappa shape index (κ3) is 3.10. The Morgan fingerprint density at radius 1 is 1.40 bits per heavy atom. The van der Waals surface area contributed by atoms with Crippen LogP contribution in [0.1, 0.15) is 30.9 Å². The third-order valence-corrected chi connectivity index (χ3v) is 4.14. The molecule has 20 heavy (non-hydrogen) atoms. The van der Waals surface area contributed by atoms with Gasteiger partial charge in [-0.05, 0) is 43.6 Å². The lowest BCUT2D eigenvalue weighted by Gasteiger charge is -2.39. The number of likely N-dealkylation sites (tertiary alicyclic amines) is 1. The maximum atomic E-state index is 12.9. The number of β-amino-alcohol motifs (C(OH)–C–C–N with tert-alkyl or cyclic N) is 1. The van der Waals surface area contributed by atoms with E-state index in [4.69, 9.17) is 11.6 Å². The van der Waals surface area contributed by atoms with Crippen LogP contribution in [-0.2, 0) is 11.8 Å². The summed E-state index contributed by atoms with van der Waals surface area (Å²) in [5, 5.41) is 10.3. The number of hydrogen-bond acceptors (Lipinski definition) is 2. The maximum Gasteiger partial charge on any atom is 0.417 e. The van der Waals surface area contributed by atoms with Crippen LogP contribution in [-0.4, -0.2) is 29.6 Å². The molecule has 1 aliphatic heterocycles. The van der Waals surface area contributed by atoms with E-state index in [2.05, 4.69) is 0 Å². The van der Waals surface area contributed by atoms with Gasteiger partial charge in [0.15, 0.2) is 0 Å². The molecule has 1 aliphatic rings. The van der Waals surface area contributed by atoms with Crippen molar-refractivity contribution in [1.29, 1.82) is 0 Å². The molecule has 1 saturated heterocycles. The monoisotopic (exact) mass is 307 g/mol. The van der Waals surface area contributed by atoms with E-state index in [-0.39, 0.29) is 10.6 Å². The second-order valence-corrected chi connectivity index (χ2v) is 5.60. The minimum Gasteiger partial charge on any atom is -0.384 e. The van der Waals surface area contributed by atoms with Crippen LogP contribution in [0.2, 0.25) is 5.02 Å².